The van der Waals surface area contributed by atoms with E-state index in [2.05, 4.69) is 36.2 Å². The van der Waals surface area contributed by atoms with E-state index in [1.165, 1.54) is 0 Å². The van der Waals surface area contributed by atoms with Crippen molar-refractivity contribution in [3.63, 3.8) is 0 Å². The van der Waals surface area contributed by atoms with Crippen LogP contribution < -0.4 is 0 Å². The zero-order valence-corrected chi connectivity index (χ0v) is 10.3. The smallest absolute Gasteiger partial charge is 0.147 e. The molecule has 86 valence electrons. The summed E-state index contributed by atoms with van der Waals surface area (Å²) in [5, 5.41) is 1.10. The number of imidazole rings is 1. The van der Waals surface area contributed by atoms with Gasteiger partial charge in [-0.05, 0) is 12.1 Å². The van der Waals surface area contributed by atoms with E-state index in [0.717, 1.165) is 22.4 Å². The summed E-state index contributed by atoms with van der Waals surface area (Å²) in [5.41, 5.74) is 2.00. The zero-order chi connectivity index (χ0) is 12.0. The van der Waals surface area contributed by atoms with Crippen molar-refractivity contribution >= 4 is 16.6 Å². The van der Waals surface area contributed by atoms with Gasteiger partial charge in [0.15, 0.2) is 0 Å². The summed E-state index contributed by atoms with van der Waals surface area (Å²) in [4.78, 5) is 9.21. The van der Waals surface area contributed by atoms with Crippen molar-refractivity contribution in [2.75, 3.05) is 0 Å². The van der Waals surface area contributed by atoms with Crippen molar-refractivity contribution in [3.05, 3.63) is 42.5 Å². The molecule has 0 radical (unpaired) electrons. The Balaban J connectivity index is 2.53. The Morgan fingerprint density at radius 2 is 1.88 bits per heavy atom. The second-order valence-corrected chi connectivity index (χ2v) is 5.32. The summed E-state index contributed by atoms with van der Waals surface area (Å²) >= 11 is 0. The quantitative estimate of drug-likeness (QED) is 0.588. The van der Waals surface area contributed by atoms with Crippen LogP contribution in [0.4, 0.5) is 0 Å². The van der Waals surface area contributed by atoms with E-state index in [0.29, 0.717) is 0 Å². The number of aromatic nitrogens is 3. The number of hydrogen-bond donors (Lipinski definition) is 0. The molecule has 0 saturated carbocycles. The van der Waals surface area contributed by atoms with Crippen LogP contribution in [0.15, 0.2) is 36.7 Å². The summed E-state index contributed by atoms with van der Waals surface area (Å²) in [6.07, 6.45) is 3.81. The van der Waals surface area contributed by atoms with Gasteiger partial charge in [0.25, 0.3) is 0 Å². The molecule has 17 heavy (non-hydrogen) atoms. The molecule has 3 aromatic rings. The maximum Gasteiger partial charge on any atom is 0.147 e. The molecule has 0 spiro atoms. The van der Waals surface area contributed by atoms with Crippen LogP contribution in [0.3, 0.4) is 0 Å². The Morgan fingerprint density at radius 3 is 2.65 bits per heavy atom. The minimum Gasteiger partial charge on any atom is -0.287 e. The van der Waals surface area contributed by atoms with Crippen molar-refractivity contribution in [1.82, 2.24) is 14.4 Å². The lowest BCUT2D eigenvalue weighted by molar-refractivity contribution is 0.539. The van der Waals surface area contributed by atoms with E-state index >= 15 is 0 Å². The van der Waals surface area contributed by atoms with Crippen LogP contribution in [-0.4, -0.2) is 14.4 Å². The molecule has 0 aliphatic carbocycles. The van der Waals surface area contributed by atoms with Crippen LogP contribution in [0.2, 0.25) is 0 Å². The monoisotopic (exact) mass is 225 g/mol. The van der Waals surface area contributed by atoms with E-state index in [1.807, 2.05) is 30.6 Å². The number of para-hydroxylation sites is 1. The summed E-state index contributed by atoms with van der Waals surface area (Å²) in [7, 11) is 0. The summed E-state index contributed by atoms with van der Waals surface area (Å²) in [6, 6.07) is 8.15. The molecular weight excluding hydrogens is 210 g/mol. The Hall–Kier alpha value is -1.90. The minimum atomic E-state index is 0.00296. The fourth-order valence-electron chi connectivity index (χ4n) is 2.13. The molecule has 3 nitrogen and oxygen atoms in total. The fourth-order valence-corrected chi connectivity index (χ4v) is 2.13. The van der Waals surface area contributed by atoms with Gasteiger partial charge in [-0.25, -0.2) is 9.97 Å². The van der Waals surface area contributed by atoms with Gasteiger partial charge in [-0.2, -0.15) is 0 Å². The normalized spacial score (nSPS) is 12.4. The Kier molecular flexibility index (Phi) is 1.99. The maximum absolute atomic E-state index is 4.77. The molecule has 0 fully saturated rings. The zero-order valence-electron chi connectivity index (χ0n) is 10.3. The van der Waals surface area contributed by atoms with Crippen LogP contribution in [0.1, 0.15) is 26.6 Å². The highest BCUT2D eigenvalue weighted by molar-refractivity contribution is 5.91. The minimum absolute atomic E-state index is 0.00296. The second kappa shape index (κ2) is 3.29. The van der Waals surface area contributed by atoms with Gasteiger partial charge in [0.05, 0.1) is 5.52 Å². The standard InChI is InChI=1S/C14H15N3/c1-14(2,3)13-16-11-7-5-4-6-10(11)12-15-8-9-17(12)13/h4-9H,1-3H3. The molecule has 0 N–H and O–H groups in total. The lowest BCUT2D eigenvalue weighted by atomic mass is 9.95. The van der Waals surface area contributed by atoms with E-state index in [9.17, 15) is 0 Å². The van der Waals surface area contributed by atoms with Crippen LogP contribution in [-0.2, 0) is 5.41 Å². The Bertz CT molecular complexity index is 689. The van der Waals surface area contributed by atoms with Gasteiger partial charge in [0.1, 0.15) is 11.5 Å². The van der Waals surface area contributed by atoms with Gasteiger partial charge in [-0.3, -0.25) is 4.40 Å². The van der Waals surface area contributed by atoms with E-state index in [1.54, 1.807) is 0 Å². The summed E-state index contributed by atoms with van der Waals surface area (Å²) in [6.45, 7) is 6.51. The second-order valence-electron chi connectivity index (χ2n) is 5.32. The van der Waals surface area contributed by atoms with Gasteiger partial charge < -0.3 is 0 Å². The van der Waals surface area contributed by atoms with Crippen molar-refractivity contribution in [3.8, 4) is 0 Å². The molecule has 0 aliphatic rings. The predicted octanol–water partition coefficient (Wildman–Crippen LogP) is 3.18. The van der Waals surface area contributed by atoms with Gasteiger partial charge in [0.2, 0.25) is 0 Å². The lowest BCUT2D eigenvalue weighted by Crippen LogP contribution is -2.18. The van der Waals surface area contributed by atoms with Gasteiger partial charge in [0, 0.05) is 23.2 Å². The van der Waals surface area contributed by atoms with Crippen LogP contribution in [0.5, 0.6) is 0 Å². The third-order valence-corrected chi connectivity index (χ3v) is 2.91. The third kappa shape index (κ3) is 1.50. The van der Waals surface area contributed by atoms with E-state index in [-0.39, 0.29) is 5.41 Å². The van der Waals surface area contributed by atoms with E-state index in [4.69, 9.17) is 4.98 Å². The SMILES string of the molecule is CC(C)(C)c1nc2ccccc2c2nccn12. The highest BCUT2D eigenvalue weighted by atomic mass is 15.1. The van der Waals surface area contributed by atoms with Gasteiger partial charge >= 0.3 is 0 Å². The molecule has 0 unspecified atom stereocenters. The van der Waals surface area contributed by atoms with Gasteiger partial charge in [-0.1, -0.05) is 32.9 Å². The fraction of sp³-hybridized carbons (Fsp3) is 0.286. The molecule has 2 heterocycles. The average molecular weight is 225 g/mol. The number of benzene rings is 1. The van der Waals surface area contributed by atoms with Crippen LogP contribution in [0.25, 0.3) is 16.6 Å². The molecule has 3 heteroatoms. The molecule has 0 amide bonds. The third-order valence-electron chi connectivity index (χ3n) is 2.91. The first-order valence-electron chi connectivity index (χ1n) is 5.80. The lowest BCUT2D eigenvalue weighted by Gasteiger charge is -2.20. The molecule has 2 aromatic heterocycles. The van der Waals surface area contributed by atoms with Crippen molar-refractivity contribution in [2.24, 2.45) is 0 Å². The van der Waals surface area contributed by atoms with Crippen LogP contribution in [0, 0.1) is 0 Å². The average Bonchev–Trinajstić information content (AvgIpc) is 2.75. The Morgan fingerprint density at radius 1 is 1.12 bits per heavy atom. The number of rotatable bonds is 0. The molecule has 0 bridgehead atoms. The molecule has 3 rings (SSSR count). The topological polar surface area (TPSA) is 30.2 Å². The van der Waals surface area contributed by atoms with E-state index < -0.39 is 0 Å². The first kappa shape index (κ1) is 10.3. The number of fused-ring (bicyclic) bond motifs is 3. The first-order chi connectivity index (χ1) is 8.07. The van der Waals surface area contributed by atoms with Crippen molar-refractivity contribution < 1.29 is 0 Å². The van der Waals surface area contributed by atoms with Gasteiger partial charge in [-0.15, -0.1) is 0 Å². The van der Waals surface area contributed by atoms with Crippen molar-refractivity contribution in [2.45, 2.75) is 26.2 Å². The highest BCUT2D eigenvalue weighted by Gasteiger charge is 2.20. The first-order valence-corrected chi connectivity index (χ1v) is 5.80. The molecule has 0 aliphatic heterocycles. The Labute approximate surface area is 100 Å². The highest BCUT2D eigenvalue weighted by Crippen LogP contribution is 2.25. The largest absolute Gasteiger partial charge is 0.287 e. The summed E-state index contributed by atoms with van der Waals surface area (Å²) < 4.78 is 2.09. The molecule has 1 aromatic carbocycles. The molecular formula is C14H15N3. The maximum atomic E-state index is 4.77. The molecule has 0 saturated heterocycles. The summed E-state index contributed by atoms with van der Waals surface area (Å²) in [5.74, 6) is 1.05. The number of hydrogen-bond acceptors (Lipinski definition) is 2. The number of nitrogens with zero attached hydrogens (tertiary/aromatic N) is 3. The predicted molar refractivity (Wildman–Crippen MR) is 69.2 cm³/mol. The molecule has 0 atom stereocenters. The van der Waals surface area contributed by atoms with Crippen LogP contribution >= 0.6 is 0 Å². The van der Waals surface area contributed by atoms with Crippen molar-refractivity contribution in [1.29, 1.82) is 0 Å².